The average molecular weight is 244 g/mol. The summed E-state index contributed by atoms with van der Waals surface area (Å²) >= 11 is 5.82. The Kier molecular flexibility index (Phi) is 4.50. The van der Waals surface area contributed by atoms with E-state index in [1.165, 1.54) is 6.20 Å². The van der Waals surface area contributed by atoms with Crippen molar-refractivity contribution in [3.63, 3.8) is 0 Å². The lowest BCUT2D eigenvalue weighted by Gasteiger charge is -2.22. The van der Waals surface area contributed by atoms with Crippen LogP contribution in [0.1, 0.15) is 27.2 Å². The van der Waals surface area contributed by atoms with E-state index in [2.05, 4.69) is 36.1 Å². The predicted octanol–water partition coefficient (Wildman–Crippen LogP) is 2.34. The molecule has 0 aromatic carbocycles. The minimum Gasteiger partial charge on any atom is -0.391 e. The molecule has 0 spiro atoms. The summed E-state index contributed by atoms with van der Waals surface area (Å²) in [6.45, 7) is 6.69. The molecule has 0 aliphatic rings. The Labute approximate surface area is 101 Å². The molecule has 0 saturated carbocycles. The highest BCUT2D eigenvalue weighted by atomic mass is 35.5. The molecule has 1 atom stereocenters. The van der Waals surface area contributed by atoms with Gasteiger partial charge in [0.1, 0.15) is 0 Å². The van der Waals surface area contributed by atoms with Crippen LogP contribution in [0.3, 0.4) is 0 Å². The van der Waals surface area contributed by atoms with Gasteiger partial charge >= 0.3 is 0 Å². The summed E-state index contributed by atoms with van der Waals surface area (Å²) in [7, 11) is 0. The number of hydrogen-bond donors (Lipinski definition) is 2. The van der Waals surface area contributed by atoms with Gasteiger partial charge in [0.05, 0.1) is 6.10 Å². The molecule has 1 aromatic heterocycles. The topological polar surface area (TPSA) is 58.0 Å². The van der Waals surface area contributed by atoms with Crippen molar-refractivity contribution in [2.75, 3.05) is 11.9 Å². The molecule has 1 unspecified atom stereocenters. The number of anilines is 1. The third kappa shape index (κ3) is 4.77. The van der Waals surface area contributed by atoms with Gasteiger partial charge in [0.25, 0.3) is 0 Å². The molecule has 0 aliphatic heterocycles. The quantitative estimate of drug-likeness (QED) is 0.852. The van der Waals surface area contributed by atoms with Crippen molar-refractivity contribution in [1.82, 2.24) is 9.97 Å². The zero-order valence-electron chi connectivity index (χ0n) is 9.87. The van der Waals surface area contributed by atoms with Gasteiger partial charge in [-0.2, -0.15) is 0 Å². The summed E-state index contributed by atoms with van der Waals surface area (Å²) in [6.07, 6.45) is 3.39. The van der Waals surface area contributed by atoms with Crippen LogP contribution < -0.4 is 5.32 Å². The first-order valence-corrected chi connectivity index (χ1v) is 5.65. The molecule has 2 N–H and O–H groups in total. The van der Waals surface area contributed by atoms with Crippen LogP contribution in [0, 0.1) is 5.41 Å². The third-order valence-corrected chi connectivity index (χ3v) is 2.28. The Hall–Kier alpha value is -0.870. The minimum atomic E-state index is -0.418. The zero-order chi connectivity index (χ0) is 12.2. The van der Waals surface area contributed by atoms with E-state index in [4.69, 9.17) is 11.6 Å². The maximum atomic E-state index is 9.78. The first kappa shape index (κ1) is 13.2. The van der Waals surface area contributed by atoms with Gasteiger partial charge in [-0.15, -0.1) is 0 Å². The molecule has 0 amide bonds. The molecule has 16 heavy (non-hydrogen) atoms. The molecule has 5 heteroatoms. The lowest BCUT2D eigenvalue weighted by atomic mass is 9.89. The second-order valence-electron chi connectivity index (χ2n) is 5.00. The molecule has 0 bridgehead atoms. The van der Waals surface area contributed by atoms with Gasteiger partial charge in [-0.05, 0) is 11.8 Å². The lowest BCUT2D eigenvalue weighted by Crippen LogP contribution is -2.25. The molecule has 1 aromatic rings. The number of aliphatic hydroxyl groups is 1. The van der Waals surface area contributed by atoms with Crippen molar-refractivity contribution in [1.29, 1.82) is 0 Å². The highest BCUT2D eigenvalue weighted by Crippen LogP contribution is 2.21. The number of aliphatic hydroxyl groups excluding tert-OH is 1. The van der Waals surface area contributed by atoms with Gasteiger partial charge in [0.15, 0.2) is 11.0 Å². The van der Waals surface area contributed by atoms with E-state index in [0.717, 1.165) is 6.42 Å². The highest BCUT2D eigenvalue weighted by Gasteiger charge is 2.16. The Morgan fingerprint density at radius 2 is 2.00 bits per heavy atom. The van der Waals surface area contributed by atoms with Gasteiger partial charge in [-0.1, -0.05) is 32.4 Å². The largest absolute Gasteiger partial charge is 0.391 e. The number of hydrogen-bond acceptors (Lipinski definition) is 4. The van der Waals surface area contributed by atoms with Gasteiger partial charge in [0, 0.05) is 18.9 Å². The summed E-state index contributed by atoms with van der Waals surface area (Å²) in [5.41, 5.74) is 0.104. The molecule has 1 heterocycles. The molecule has 90 valence electrons. The van der Waals surface area contributed by atoms with Crippen molar-refractivity contribution in [3.8, 4) is 0 Å². The van der Waals surface area contributed by atoms with E-state index in [9.17, 15) is 5.11 Å². The molecule has 4 nitrogen and oxygen atoms in total. The first-order valence-electron chi connectivity index (χ1n) is 5.27. The standard InChI is InChI=1S/C11H18ClN3O/c1-11(2,3)6-8(16)7-15-10-9(12)13-4-5-14-10/h4-5,8,16H,6-7H2,1-3H3,(H,14,15). The maximum absolute atomic E-state index is 9.78. The smallest absolute Gasteiger partial charge is 0.171 e. The van der Waals surface area contributed by atoms with Crippen LogP contribution in [-0.2, 0) is 0 Å². The van der Waals surface area contributed by atoms with E-state index in [0.29, 0.717) is 17.5 Å². The van der Waals surface area contributed by atoms with Crippen LogP contribution in [0.5, 0.6) is 0 Å². The van der Waals surface area contributed by atoms with Crippen LogP contribution in [0.2, 0.25) is 5.15 Å². The monoisotopic (exact) mass is 243 g/mol. The number of nitrogens with zero attached hydrogens (tertiary/aromatic N) is 2. The summed E-state index contributed by atoms with van der Waals surface area (Å²) in [6, 6.07) is 0. The number of halogens is 1. The fourth-order valence-electron chi connectivity index (χ4n) is 1.43. The van der Waals surface area contributed by atoms with E-state index in [-0.39, 0.29) is 5.41 Å². The Balaban J connectivity index is 2.43. The summed E-state index contributed by atoms with van der Waals surface area (Å²) < 4.78 is 0. The molecular formula is C11H18ClN3O. The van der Waals surface area contributed by atoms with Crippen LogP contribution in [0.25, 0.3) is 0 Å². The molecule has 0 radical (unpaired) electrons. The van der Waals surface area contributed by atoms with Crippen LogP contribution in [-0.4, -0.2) is 27.7 Å². The number of rotatable bonds is 4. The summed E-state index contributed by atoms with van der Waals surface area (Å²) in [5.74, 6) is 0.511. The average Bonchev–Trinajstić information content (AvgIpc) is 2.14. The van der Waals surface area contributed by atoms with Gasteiger partial charge in [0.2, 0.25) is 0 Å². The van der Waals surface area contributed by atoms with Crippen LogP contribution in [0.4, 0.5) is 5.82 Å². The highest BCUT2D eigenvalue weighted by molar-refractivity contribution is 6.31. The van der Waals surface area contributed by atoms with Gasteiger partial charge in [-0.25, -0.2) is 9.97 Å². The SMILES string of the molecule is CC(C)(C)CC(O)CNc1nccnc1Cl. The minimum absolute atomic E-state index is 0.104. The Morgan fingerprint density at radius 3 is 2.56 bits per heavy atom. The van der Waals surface area contributed by atoms with Crippen molar-refractivity contribution in [2.24, 2.45) is 5.41 Å². The van der Waals surface area contributed by atoms with E-state index in [1.807, 2.05) is 0 Å². The summed E-state index contributed by atoms with van der Waals surface area (Å²) in [4.78, 5) is 7.92. The molecule has 1 rings (SSSR count). The van der Waals surface area contributed by atoms with Crippen molar-refractivity contribution < 1.29 is 5.11 Å². The van der Waals surface area contributed by atoms with E-state index >= 15 is 0 Å². The van der Waals surface area contributed by atoms with E-state index in [1.54, 1.807) is 6.20 Å². The third-order valence-electron chi connectivity index (χ3n) is 2.01. The van der Waals surface area contributed by atoms with Crippen LogP contribution >= 0.6 is 11.6 Å². The second-order valence-corrected chi connectivity index (χ2v) is 5.35. The Morgan fingerprint density at radius 1 is 1.38 bits per heavy atom. The van der Waals surface area contributed by atoms with E-state index < -0.39 is 6.10 Å². The second kappa shape index (κ2) is 5.46. The van der Waals surface area contributed by atoms with Crippen molar-refractivity contribution >= 4 is 17.4 Å². The Bertz CT molecular complexity index is 338. The fraction of sp³-hybridized carbons (Fsp3) is 0.636. The molecule has 0 fully saturated rings. The summed E-state index contributed by atoms with van der Waals surface area (Å²) in [5, 5.41) is 13.1. The predicted molar refractivity (Wildman–Crippen MR) is 65.6 cm³/mol. The van der Waals surface area contributed by atoms with Gasteiger partial charge in [-0.3, -0.25) is 0 Å². The maximum Gasteiger partial charge on any atom is 0.171 e. The van der Waals surface area contributed by atoms with Gasteiger partial charge < -0.3 is 10.4 Å². The number of aromatic nitrogens is 2. The molecule has 0 aliphatic carbocycles. The fourth-order valence-corrected chi connectivity index (χ4v) is 1.61. The zero-order valence-corrected chi connectivity index (χ0v) is 10.6. The van der Waals surface area contributed by atoms with Crippen molar-refractivity contribution in [3.05, 3.63) is 17.5 Å². The number of nitrogens with one attached hydrogen (secondary N) is 1. The van der Waals surface area contributed by atoms with Crippen LogP contribution in [0.15, 0.2) is 12.4 Å². The first-order chi connectivity index (χ1) is 7.38. The van der Waals surface area contributed by atoms with Crippen molar-refractivity contribution in [2.45, 2.75) is 33.3 Å². The molecule has 0 saturated heterocycles. The molecular weight excluding hydrogens is 226 g/mol. The normalized spacial score (nSPS) is 13.6. The lowest BCUT2D eigenvalue weighted by molar-refractivity contribution is 0.132.